The molecule has 2 amide bonds. The van der Waals surface area contributed by atoms with Gasteiger partial charge in [0, 0.05) is 6.07 Å². The fourth-order valence-corrected chi connectivity index (χ4v) is 3.29. The molecule has 1 aromatic carbocycles. The van der Waals surface area contributed by atoms with Crippen molar-refractivity contribution in [3.8, 4) is 11.5 Å². The Bertz CT molecular complexity index is 855. The Balaban J connectivity index is 1.83. The maximum Gasteiger partial charge on any atom is 0.235 e. The summed E-state index contributed by atoms with van der Waals surface area (Å²) >= 11 is 1.23. The number of carbonyl (C=O) groups is 2. The maximum absolute atomic E-state index is 12.3. The van der Waals surface area contributed by atoms with Crippen LogP contribution in [0.4, 0.5) is 5.82 Å². The van der Waals surface area contributed by atoms with E-state index in [1.165, 1.54) is 11.8 Å². The topological polar surface area (TPSA) is 103 Å². The summed E-state index contributed by atoms with van der Waals surface area (Å²) < 4.78 is 16.5. The van der Waals surface area contributed by atoms with Crippen molar-refractivity contribution in [3.05, 3.63) is 35.6 Å². The van der Waals surface area contributed by atoms with E-state index in [2.05, 4.69) is 22.7 Å². The van der Waals surface area contributed by atoms with Crippen LogP contribution in [0.1, 0.15) is 51.0 Å². The minimum absolute atomic E-state index is 0.145. The van der Waals surface area contributed by atoms with Gasteiger partial charge < -0.3 is 24.6 Å². The zero-order valence-electron chi connectivity index (χ0n) is 18.5. The number of hydrogen-bond acceptors (Lipinski definition) is 7. The van der Waals surface area contributed by atoms with E-state index >= 15 is 0 Å². The van der Waals surface area contributed by atoms with Crippen LogP contribution >= 0.6 is 11.8 Å². The van der Waals surface area contributed by atoms with Crippen LogP contribution in [0.5, 0.6) is 11.5 Å². The first-order valence-electron chi connectivity index (χ1n) is 10.4. The molecule has 0 radical (unpaired) electrons. The molecule has 1 atom stereocenters. The van der Waals surface area contributed by atoms with Gasteiger partial charge in [0.15, 0.2) is 17.3 Å². The molecular formula is C22H31N3O5S. The van der Waals surface area contributed by atoms with E-state index in [4.69, 9.17) is 14.0 Å². The molecule has 0 spiro atoms. The summed E-state index contributed by atoms with van der Waals surface area (Å²) in [5, 5.41) is 9.28. The van der Waals surface area contributed by atoms with Gasteiger partial charge in [-0.2, -0.15) is 0 Å². The van der Waals surface area contributed by atoms with Crippen LogP contribution in [0, 0.1) is 6.92 Å². The van der Waals surface area contributed by atoms with Gasteiger partial charge >= 0.3 is 0 Å². The second-order valence-electron chi connectivity index (χ2n) is 7.06. The zero-order chi connectivity index (χ0) is 22.6. The smallest absolute Gasteiger partial charge is 0.235 e. The highest BCUT2D eigenvalue weighted by Gasteiger charge is 2.14. The number of nitrogens with zero attached hydrogens (tertiary/aromatic N) is 1. The number of carbonyl (C=O) groups excluding carboxylic acids is 2. The molecule has 0 aliphatic heterocycles. The van der Waals surface area contributed by atoms with E-state index in [0.717, 1.165) is 18.4 Å². The molecule has 31 heavy (non-hydrogen) atoms. The van der Waals surface area contributed by atoms with E-state index in [9.17, 15) is 9.59 Å². The largest absolute Gasteiger partial charge is 0.490 e. The third-order valence-corrected chi connectivity index (χ3v) is 5.06. The van der Waals surface area contributed by atoms with Gasteiger partial charge in [-0.25, -0.2) is 0 Å². The van der Waals surface area contributed by atoms with Crippen molar-refractivity contribution in [2.24, 2.45) is 0 Å². The third kappa shape index (κ3) is 8.53. The molecule has 1 heterocycles. The highest BCUT2D eigenvalue weighted by atomic mass is 32.2. The third-order valence-electron chi connectivity index (χ3n) is 4.13. The summed E-state index contributed by atoms with van der Waals surface area (Å²) in [4.78, 5) is 24.2. The molecule has 8 nitrogen and oxygen atoms in total. The molecule has 0 saturated heterocycles. The Morgan fingerprint density at radius 1 is 1.06 bits per heavy atom. The fourth-order valence-electron chi connectivity index (χ4n) is 2.66. The van der Waals surface area contributed by atoms with Gasteiger partial charge in [0.1, 0.15) is 5.76 Å². The number of amides is 2. The Morgan fingerprint density at radius 2 is 1.74 bits per heavy atom. The Labute approximate surface area is 187 Å². The van der Waals surface area contributed by atoms with Crippen molar-refractivity contribution in [2.45, 2.75) is 46.6 Å². The summed E-state index contributed by atoms with van der Waals surface area (Å²) in [6, 6.07) is 7.14. The number of nitrogens with one attached hydrogen (secondary N) is 2. The molecule has 0 bridgehead atoms. The highest BCUT2D eigenvalue weighted by molar-refractivity contribution is 8.00. The van der Waals surface area contributed by atoms with Gasteiger partial charge in [0.05, 0.1) is 30.8 Å². The van der Waals surface area contributed by atoms with E-state index in [0.29, 0.717) is 36.3 Å². The van der Waals surface area contributed by atoms with Crippen LogP contribution in [0.3, 0.4) is 0 Å². The predicted octanol–water partition coefficient (Wildman–Crippen LogP) is 4.11. The van der Waals surface area contributed by atoms with Crippen molar-refractivity contribution in [1.29, 1.82) is 0 Å². The number of rotatable bonds is 13. The van der Waals surface area contributed by atoms with Gasteiger partial charge in [-0.1, -0.05) is 25.1 Å². The van der Waals surface area contributed by atoms with Crippen molar-refractivity contribution in [3.63, 3.8) is 0 Å². The lowest BCUT2D eigenvalue weighted by atomic mass is 10.1. The maximum atomic E-state index is 12.3. The molecule has 0 fully saturated rings. The van der Waals surface area contributed by atoms with Crippen molar-refractivity contribution >= 4 is 29.4 Å². The summed E-state index contributed by atoms with van der Waals surface area (Å²) in [7, 11) is 0. The van der Waals surface area contributed by atoms with Crippen LogP contribution in [-0.2, 0) is 9.59 Å². The van der Waals surface area contributed by atoms with E-state index in [1.54, 1.807) is 13.0 Å². The Morgan fingerprint density at radius 3 is 2.39 bits per heavy atom. The fraction of sp³-hybridized carbons (Fsp3) is 0.500. The van der Waals surface area contributed by atoms with E-state index in [1.807, 2.05) is 32.0 Å². The van der Waals surface area contributed by atoms with Gasteiger partial charge in [-0.05, 0) is 44.4 Å². The predicted molar refractivity (Wildman–Crippen MR) is 122 cm³/mol. The first-order valence-corrected chi connectivity index (χ1v) is 11.6. The highest BCUT2D eigenvalue weighted by Crippen LogP contribution is 2.31. The minimum Gasteiger partial charge on any atom is -0.490 e. The number of ether oxygens (including phenoxy) is 2. The summed E-state index contributed by atoms with van der Waals surface area (Å²) in [6.45, 7) is 8.97. The summed E-state index contributed by atoms with van der Waals surface area (Å²) in [6.07, 6.45) is 1.81. The average Bonchev–Trinajstić information content (AvgIpc) is 3.15. The lowest BCUT2D eigenvalue weighted by Gasteiger charge is -2.18. The molecule has 0 saturated carbocycles. The number of aromatic nitrogens is 1. The van der Waals surface area contributed by atoms with Crippen molar-refractivity contribution < 1.29 is 23.6 Å². The van der Waals surface area contributed by atoms with Gasteiger partial charge in [-0.3, -0.25) is 9.59 Å². The SMILES string of the molecule is CCCOc1ccc(C(C)NC(=O)CSCC(=O)Nc2cc(C)on2)cc1OCCC. The lowest BCUT2D eigenvalue weighted by Crippen LogP contribution is -2.29. The molecule has 0 aliphatic rings. The van der Waals surface area contributed by atoms with Crippen LogP contribution in [0.25, 0.3) is 0 Å². The summed E-state index contributed by atoms with van der Waals surface area (Å²) in [5.74, 6) is 2.31. The minimum atomic E-state index is -0.237. The zero-order valence-corrected chi connectivity index (χ0v) is 19.3. The van der Waals surface area contributed by atoms with Crippen LogP contribution < -0.4 is 20.1 Å². The second-order valence-corrected chi connectivity index (χ2v) is 8.04. The second kappa shape index (κ2) is 12.9. The van der Waals surface area contributed by atoms with Crippen LogP contribution in [0.15, 0.2) is 28.8 Å². The number of aryl methyl sites for hydroxylation is 1. The number of thioether (sulfide) groups is 1. The van der Waals surface area contributed by atoms with Gasteiger partial charge in [-0.15, -0.1) is 11.8 Å². The molecule has 1 aromatic heterocycles. The van der Waals surface area contributed by atoms with E-state index < -0.39 is 0 Å². The quantitative estimate of drug-likeness (QED) is 0.474. The molecule has 170 valence electrons. The van der Waals surface area contributed by atoms with Crippen molar-refractivity contribution in [1.82, 2.24) is 10.5 Å². The lowest BCUT2D eigenvalue weighted by molar-refractivity contribution is -0.119. The van der Waals surface area contributed by atoms with Crippen molar-refractivity contribution in [2.75, 3.05) is 30.0 Å². The van der Waals surface area contributed by atoms with Gasteiger partial charge in [0.2, 0.25) is 11.8 Å². The first kappa shape index (κ1) is 24.6. The Kier molecular flexibility index (Phi) is 10.2. The molecule has 1 unspecified atom stereocenters. The molecule has 2 rings (SSSR count). The molecular weight excluding hydrogens is 418 g/mol. The number of benzene rings is 1. The number of hydrogen-bond donors (Lipinski definition) is 2. The molecule has 0 aliphatic carbocycles. The standard InChI is InChI=1S/C22H31N3O5S/c1-5-9-28-18-8-7-17(12-19(18)29-10-6-2)16(4)23-21(26)13-31-14-22(27)24-20-11-15(3)30-25-20/h7-8,11-12,16H,5-6,9-10,13-14H2,1-4H3,(H,23,26)(H,24,25,27). The normalized spacial score (nSPS) is 11.6. The average molecular weight is 450 g/mol. The molecule has 9 heteroatoms. The Hall–Kier alpha value is -2.68. The summed E-state index contributed by atoms with van der Waals surface area (Å²) in [5.41, 5.74) is 0.924. The van der Waals surface area contributed by atoms with Crippen LogP contribution in [-0.4, -0.2) is 41.7 Å². The van der Waals surface area contributed by atoms with E-state index in [-0.39, 0.29) is 29.4 Å². The molecule has 2 N–H and O–H groups in total. The number of anilines is 1. The first-order chi connectivity index (χ1) is 14.9. The monoisotopic (exact) mass is 449 g/mol. The molecule has 2 aromatic rings. The van der Waals surface area contributed by atoms with Gasteiger partial charge in [0.25, 0.3) is 0 Å². The van der Waals surface area contributed by atoms with Crippen LogP contribution in [0.2, 0.25) is 0 Å².